The predicted molar refractivity (Wildman–Crippen MR) is 73.5 cm³/mol. The van der Waals surface area contributed by atoms with E-state index in [2.05, 4.69) is 4.98 Å². The zero-order valence-electron chi connectivity index (χ0n) is 11.8. The van der Waals surface area contributed by atoms with Crippen LogP contribution in [0.1, 0.15) is 25.8 Å². The Kier molecular flexibility index (Phi) is 4.84. The summed E-state index contributed by atoms with van der Waals surface area (Å²) in [6.45, 7) is 4.67. The van der Waals surface area contributed by atoms with Gasteiger partial charge in [-0.05, 0) is 43.5 Å². The first-order valence-electron chi connectivity index (χ1n) is 6.70. The predicted octanol–water partition coefficient (Wildman–Crippen LogP) is 2.46. The van der Waals surface area contributed by atoms with Crippen LogP contribution in [0.5, 0.6) is 0 Å². The average molecular weight is 278 g/mol. The quantitative estimate of drug-likeness (QED) is 0.795. The number of pyridine rings is 1. The fourth-order valence-corrected chi connectivity index (χ4v) is 2.09. The standard InChI is InChI=1S/C15H19FN2O2/c1-11(2)14(16)15(19)18-8-5-13(9-18)20-10-12-3-6-17-7-4-12/h3-4,6-7,13H,5,8-10H2,1-2H3. The van der Waals surface area contributed by atoms with Crippen LogP contribution in [-0.2, 0) is 16.1 Å². The molecule has 0 N–H and O–H groups in total. The molecular weight excluding hydrogens is 259 g/mol. The molecule has 1 aliphatic rings. The molecule has 1 aliphatic heterocycles. The second kappa shape index (κ2) is 6.61. The van der Waals surface area contributed by atoms with Crippen molar-refractivity contribution in [3.63, 3.8) is 0 Å². The Balaban J connectivity index is 1.84. The van der Waals surface area contributed by atoms with Crippen LogP contribution in [0.2, 0.25) is 0 Å². The van der Waals surface area contributed by atoms with Crippen molar-refractivity contribution in [3.8, 4) is 0 Å². The Labute approximate surface area is 118 Å². The molecule has 20 heavy (non-hydrogen) atoms. The van der Waals surface area contributed by atoms with Crippen molar-refractivity contribution in [2.75, 3.05) is 13.1 Å². The van der Waals surface area contributed by atoms with Gasteiger partial charge < -0.3 is 9.64 Å². The normalized spacial score (nSPS) is 18.1. The highest BCUT2D eigenvalue weighted by atomic mass is 19.1. The van der Waals surface area contributed by atoms with Gasteiger partial charge in [0.25, 0.3) is 5.91 Å². The maximum atomic E-state index is 13.6. The second-order valence-electron chi connectivity index (χ2n) is 5.14. The fourth-order valence-electron chi connectivity index (χ4n) is 2.09. The van der Waals surface area contributed by atoms with E-state index in [0.717, 1.165) is 12.0 Å². The van der Waals surface area contributed by atoms with Gasteiger partial charge in [-0.3, -0.25) is 9.78 Å². The van der Waals surface area contributed by atoms with Crippen molar-refractivity contribution in [2.45, 2.75) is 33.0 Å². The number of aromatic nitrogens is 1. The van der Waals surface area contributed by atoms with Gasteiger partial charge in [0, 0.05) is 25.5 Å². The molecule has 0 spiro atoms. The van der Waals surface area contributed by atoms with Gasteiger partial charge in [0.1, 0.15) is 0 Å². The molecule has 1 fully saturated rings. The number of hydrogen-bond donors (Lipinski definition) is 0. The van der Waals surface area contributed by atoms with Crippen LogP contribution >= 0.6 is 0 Å². The highest BCUT2D eigenvalue weighted by Gasteiger charge is 2.29. The number of carbonyl (C=O) groups is 1. The molecule has 1 saturated heterocycles. The summed E-state index contributed by atoms with van der Waals surface area (Å²) in [6.07, 6.45) is 4.14. The SMILES string of the molecule is CC(C)=C(F)C(=O)N1CCC(OCc2ccncc2)C1. The molecule has 5 heteroatoms. The molecule has 0 aromatic carbocycles. The van der Waals surface area contributed by atoms with E-state index in [9.17, 15) is 9.18 Å². The van der Waals surface area contributed by atoms with Gasteiger partial charge in [-0.1, -0.05) is 0 Å². The first-order chi connectivity index (χ1) is 9.58. The van der Waals surface area contributed by atoms with E-state index in [1.807, 2.05) is 12.1 Å². The van der Waals surface area contributed by atoms with E-state index in [4.69, 9.17) is 4.74 Å². The number of carbonyl (C=O) groups excluding carboxylic acids is 1. The number of halogens is 1. The lowest BCUT2D eigenvalue weighted by atomic mass is 10.3. The molecule has 4 nitrogen and oxygen atoms in total. The number of amides is 1. The Morgan fingerprint density at radius 2 is 2.15 bits per heavy atom. The van der Waals surface area contributed by atoms with Crippen molar-refractivity contribution >= 4 is 5.91 Å². The highest BCUT2D eigenvalue weighted by molar-refractivity contribution is 5.92. The summed E-state index contributed by atoms with van der Waals surface area (Å²) in [7, 11) is 0. The third-order valence-corrected chi connectivity index (χ3v) is 3.29. The van der Waals surface area contributed by atoms with Crippen LogP contribution < -0.4 is 0 Å². The largest absolute Gasteiger partial charge is 0.372 e. The molecule has 2 heterocycles. The van der Waals surface area contributed by atoms with Crippen molar-refractivity contribution in [2.24, 2.45) is 0 Å². The third kappa shape index (κ3) is 3.63. The maximum absolute atomic E-state index is 13.6. The first kappa shape index (κ1) is 14.7. The van der Waals surface area contributed by atoms with E-state index < -0.39 is 11.7 Å². The Bertz CT molecular complexity index is 498. The minimum Gasteiger partial charge on any atom is -0.372 e. The van der Waals surface area contributed by atoms with E-state index in [1.54, 1.807) is 26.2 Å². The Hall–Kier alpha value is -1.75. The average Bonchev–Trinajstić information content (AvgIpc) is 2.93. The smallest absolute Gasteiger partial charge is 0.282 e. The van der Waals surface area contributed by atoms with Crippen LogP contribution in [0.25, 0.3) is 0 Å². The van der Waals surface area contributed by atoms with Crippen LogP contribution in [0.15, 0.2) is 35.9 Å². The molecule has 1 atom stereocenters. The van der Waals surface area contributed by atoms with Gasteiger partial charge in [-0.15, -0.1) is 0 Å². The first-order valence-corrected chi connectivity index (χ1v) is 6.70. The molecule has 0 saturated carbocycles. The summed E-state index contributed by atoms with van der Waals surface area (Å²) < 4.78 is 19.3. The van der Waals surface area contributed by atoms with Gasteiger partial charge in [0.2, 0.25) is 0 Å². The molecule has 1 aromatic heterocycles. The van der Waals surface area contributed by atoms with E-state index in [-0.39, 0.29) is 6.10 Å². The highest BCUT2D eigenvalue weighted by Crippen LogP contribution is 2.18. The van der Waals surface area contributed by atoms with Gasteiger partial charge in [0.15, 0.2) is 5.83 Å². The summed E-state index contributed by atoms with van der Waals surface area (Å²) in [5.41, 5.74) is 1.46. The lowest BCUT2D eigenvalue weighted by Crippen LogP contribution is -2.30. The number of nitrogens with zero attached hydrogens (tertiary/aromatic N) is 2. The Morgan fingerprint density at radius 3 is 2.80 bits per heavy atom. The van der Waals surface area contributed by atoms with Gasteiger partial charge >= 0.3 is 0 Å². The van der Waals surface area contributed by atoms with Crippen LogP contribution in [-0.4, -0.2) is 35.0 Å². The van der Waals surface area contributed by atoms with Crippen LogP contribution in [0.4, 0.5) is 4.39 Å². The molecule has 0 radical (unpaired) electrons. The maximum Gasteiger partial charge on any atom is 0.282 e. The van der Waals surface area contributed by atoms with E-state index in [0.29, 0.717) is 25.3 Å². The van der Waals surface area contributed by atoms with Crippen molar-refractivity contribution in [1.29, 1.82) is 0 Å². The zero-order chi connectivity index (χ0) is 14.5. The molecule has 2 rings (SSSR count). The molecule has 1 unspecified atom stereocenters. The lowest BCUT2D eigenvalue weighted by Gasteiger charge is -2.16. The number of likely N-dealkylation sites (tertiary alicyclic amines) is 1. The minimum atomic E-state index is -0.653. The number of ether oxygens (including phenoxy) is 1. The van der Waals surface area contributed by atoms with Crippen LogP contribution in [0, 0.1) is 0 Å². The van der Waals surface area contributed by atoms with Crippen molar-refractivity contribution in [1.82, 2.24) is 9.88 Å². The molecular formula is C15H19FN2O2. The summed E-state index contributed by atoms with van der Waals surface area (Å²) >= 11 is 0. The fraction of sp³-hybridized carbons (Fsp3) is 0.467. The zero-order valence-corrected chi connectivity index (χ0v) is 11.8. The number of allylic oxidation sites excluding steroid dienone is 1. The number of rotatable bonds is 4. The lowest BCUT2D eigenvalue weighted by molar-refractivity contribution is -0.128. The number of hydrogen-bond acceptors (Lipinski definition) is 3. The summed E-state index contributed by atoms with van der Waals surface area (Å²) in [5, 5.41) is 0. The monoisotopic (exact) mass is 278 g/mol. The van der Waals surface area contributed by atoms with Crippen molar-refractivity contribution < 1.29 is 13.9 Å². The van der Waals surface area contributed by atoms with Crippen molar-refractivity contribution in [3.05, 3.63) is 41.5 Å². The van der Waals surface area contributed by atoms with Gasteiger partial charge in [0.05, 0.1) is 12.7 Å². The second-order valence-corrected chi connectivity index (χ2v) is 5.14. The van der Waals surface area contributed by atoms with E-state index in [1.165, 1.54) is 4.90 Å². The van der Waals surface area contributed by atoms with Gasteiger partial charge in [-0.25, -0.2) is 4.39 Å². The summed E-state index contributed by atoms with van der Waals surface area (Å²) in [5.74, 6) is -1.18. The molecule has 1 aromatic rings. The molecule has 0 bridgehead atoms. The van der Waals surface area contributed by atoms with E-state index >= 15 is 0 Å². The van der Waals surface area contributed by atoms with Gasteiger partial charge in [-0.2, -0.15) is 0 Å². The third-order valence-electron chi connectivity index (χ3n) is 3.29. The minimum absolute atomic E-state index is 0.0305. The molecule has 1 amide bonds. The summed E-state index contributed by atoms with van der Waals surface area (Å²) in [6, 6.07) is 3.78. The van der Waals surface area contributed by atoms with Crippen LogP contribution in [0.3, 0.4) is 0 Å². The molecule has 108 valence electrons. The Morgan fingerprint density at radius 1 is 1.45 bits per heavy atom. The topological polar surface area (TPSA) is 42.4 Å². The molecule has 0 aliphatic carbocycles. The summed E-state index contributed by atoms with van der Waals surface area (Å²) in [4.78, 5) is 17.3.